The summed E-state index contributed by atoms with van der Waals surface area (Å²) >= 11 is 0. The van der Waals surface area contributed by atoms with E-state index in [1.807, 2.05) is 0 Å². The number of ether oxygens (including phenoxy) is 1. The summed E-state index contributed by atoms with van der Waals surface area (Å²) in [6.45, 7) is 7.37. The highest BCUT2D eigenvalue weighted by Crippen LogP contribution is 1.85. The second-order valence-electron chi connectivity index (χ2n) is 1.80. The molecule has 10 heavy (non-hydrogen) atoms. The van der Waals surface area contributed by atoms with Crippen molar-refractivity contribution in [1.82, 2.24) is 0 Å². The van der Waals surface area contributed by atoms with Gasteiger partial charge in [-0.15, -0.1) is 0 Å². The maximum Gasteiger partial charge on any atom is 0.433 e. The predicted molar refractivity (Wildman–Crippen MR) is 40.3 cm³/mol. The van der Waals surface area contributed by atoms with Crippen LogP contribution in [0.5, 0.6) is 0 Å². The molecule has 0 spiro atoms. The molecule has 0 rings (SSSR count). The van der Waals surface area contributed by atoms with Crippen molar-refractivity contribution in [2.24, 2.45) is 4.99 Å². The Bertz CT molecular complexity index is 161. The summed E-state index contributed by atoms with van der Waals surface area (Å²) in [4.78, 5) is 13.9. The van der Waals surface area contributed by atoms with Gasteiger partial charge in [-0.1, -0.05) is 6.58 Å². The molecule has 0 unspecified atom stereocenters. The van der Waals surface area contributed by atoms with Gasteiger partial charge in [0.15, 0.2) is 0 Å². The maximum absolute atomic E-state index is 10.5. The van der Waals surface area contributed by atoms with Gasteiger partial charge in [-0.2, -0.15) is 4.99 Å². The Hall–Kier alpha value is -1.12. The molecular formula is C7H11NO2. The lowest BCUT2D eigenvalue weighted by atomic mass is 10.4. The van der Waals surface area contributed by atoms with Crippen LogP contribution in [-0.2, 0) is 4.74 Å². The Morgan fingerprint density at radius 2 is 2.40 bits per heavy atom. The van der Waals surface area contributed by atoms with Gasteiger partial charge in [0.05, 0.1) is 6.61 Å². The number of rotatable bonds is 2. The van der Waals surface area contributed by atoms with Crippen LogP contribution in [-0.4, -0.2) is 18.9 Å². The molecule has 0 aliphatic heterocycles. The molecular weight excluding hydrogens is 130 g/mol. The van der Waals surface area contributed by atoms with Crippen LogP contribution in [0.1, 0.15) is 13.8 Å². The van der Waals surface area contributed by atoms with Crippen molar-refractivity contribution >= 4 is 12.3 Å². The summed E-state index contributed by atoms with van der Waals surface area (Å²) in [5, 5.41) is 0. The average molecular weight is 141 g/mol. The lowest BCUT2D eigenvalue weighted by molar-refractivity contribution is 0.163. The standard InChI is InChI=1S/C7H11NO2/c1-4-10-7(9)8-5-6(2)3/h5H,2,4H2,1,3H3. The highest BCUT2D eigenvalue weighted by molar-refractivity contribution is 5.87. The van der Waals surface area contributed by atoms with Gasteiger partial charge < -0.3 is 4.74 Å². The number of hydrogen-bond acceptors (Lipinski definition) is 2. The number of carbonyl (C=O) groups excluding carboxylic acids is 1. The third-order valence-corrected chi connectivity index (χ3v) is 0.658. The Kier molecular flexibility index (Phi) is 4.20. The van der Waals surface area contributed by atoms with Crippen LogP contribution in [0.4, 0.5) is 4.79 Å². The lowest BCUT2D eigenvalue weighted by Crippen LogP contribution is -1.97. The maximum atomic E-state index is 10.5. The molecule has 3 heteroatoms. The van der Waals surface area contributed by atoms with Gasteiger partial charge in [0.25, 0.3) is 0 Å². The quantitative estimate of drug-likeness (QED) is 0.550. The second kappa shape index (κ2) is 4.73. The number of carbonyl (C=O) groups is 1. The smallest absolute Gasteiger partial charge is 0.433 e. The topological polar surface area (TPSA) is 38.7 Å². The van der Waals surface area contributed by atoms with E-state index in [0.717, 1.165) is 5.57 Å². The molecule has 3 nitrogen and oxygen atoms in total. The molecule has 0 radical (unpaired) electrons. The summed E-state index contributed by atoms with van der Waals surface area (Å²) in [5.74, 6) is 0. The molecule has 0 heterocycles. The summed E-state index contributed by atoms with van der Waals surface area (Å²) in [7, 11) is 0. The fraction of sp³-hybridized carbons (Fsp3) is 0.429. The highest BCUT2D eigenvalue weighted by atomic mass is 16.5. The fourth-order valence-corrected chi connectivity index (χ4v) is 0.324. The van der Waals surface area contributed by atoms with E-state index in [1.165, 1.54) is 6.21 Å². The monoisotopic (exact) mass is 141 g/mol. The first kappa shape index (κ1) is 8.88. The van der Waals surface area contributed by atoms with Gasteiger partial charge in [-0.05, 0) is 19.4 Å². The van der Waals surface area contributed by atoms with E-state index in [9.17, 15) is 4.79 Å². The van der Waals surface area contributed by atoms with Gasteiger partial charge in [0.2, 0.25) is 0 Å². The van der Waals surface area contributed by atoms with E-state index >= 15 is 0 Å². The molecule has 0 aromatic carbocycles. The van der Waals surface area contributed by atoms with Gasteiger partial charge in [0.1, 0.15) is 0 Å². The van der Waals surface area contributed by atoms with Crippen LogP contribution >= 0.6 is 0 Å². The van der Waals surface area contributed by atoms with Crippen LogP contribution in [0.3, 0.4) is 0 Å². The lowest BCUT2D eigenvalue weighted by Gasteiger charge is -1.92. The van der Waals surface area contributed by atoms with E-state index in [-0.39, 0.29) is 0 Å². The first-order valence-corrected chi connectivity index (χ1v) is 3.03. The summed E-state index contributed by atoms with van der Waals surface area (Å²) in [6.07, 6.45) is 0.809. The molecule has 0 saturated heterocycles. The normalized spacial score (nSPS) is 9.80. The molecule has 0 aliphatic carbocycles. The molecule has 1 amide bonds. The van der Waals surface area contributed by atoms with Crippen molar-refractivity contribution in [1.29, 1.82) is 0 Å². The minimum Gasteiger partial charge on any atom is -0.448 e. The van der Waals surface area contributed by atoms with Crippen molar-refractivity contribution in [2.75, 3.05) is 6.61 Å². The Labute approximate surface area is 60.4 Å². The van der Waals surface area contributed by atoms with Crippen LogP contribution in [0.25, 0.3) is 0 Å². The van der Waals surface area contributed by atoms with Gasteiger partial charge in [-0.25, -0.2) is 4.79 Å². The van der Waals surface area contributed by atoms with Crippen molar-refractivity contribution < 1.29 is 9.53 Å². The van der Waals surface area contributed by atoms with E-state index in [1.54, 1.807) is 13.8 Å². The largest absolute Gasteiger partial charge is 0.448 e. The van der Waals surface area contributed by atoms with Crippen molar-refractivity contribution in [3.8, 4) is 0 Å². The zero-order valence-corrected chi connectivity index (χ0v) is 6.26. The highest BCUT2D eigenvalue weighted by Gasteiger charge is 1.92. The molecule has 0 aromatic heterocycles. The Balaban J connectivity index is 3.67. The summed E-state index contributed by atoms with van der Waals surface area (Å²) in [5.41, 5.74) is 0.730. The van der Waals surface area contributed by atoms with Gasteiger partial charge in [0, 0.05) is 6.21 Å². The second-order valence-corrected chi connectivity index (χ2v) is 1.80. The Morgan fingerprint density at radius 3 is 2.80 bits per heavy atom. The average Bonchev–Trinajstić information content (AvgIpc) is 1.85. The van der Waals surface area contributed by atoms with Crippen molar-refractivity contribution in [3.63, 3.8) is 0 Å². The van der Waals surface area contributed by atoms with E-state index < -0.39 is 6.09 Å². The molecule has 0 atom stereocenters. The van der Waals surface area contributed by atoms with E-state index in [2.05, 4.69) is 16.3 Å². The molecule has 56 valence electrons. The van der Waals surface area contributed by atoms with Crippen molar-refractivity contribution in [3.05, 3.63) is 12.2 Å². The molecule has 0 saturated carbocycles. The first-order chi connectivity index (χ1) is 4.66. The molecule has 0 bridgehead atoms. The third kappa shape index (κ3) is 5.03. The number of allylic oxidation sites excluding steroid dienone is 1. The number of nitrogens with zero attached hydrogens (tertiary/aromatic N) is 1. The van der Waals surface area contributed by atoms with E-state index in [4.69, 9.17) is 0 Å². The first-order valence-electron chi connectivity index (χ1n) is 3.03. The number of amides is 1. The molecule has 0 N–H and O–H groups in total. The van der Waals surface area contributed by atoms with Crippen LogP contribution in [0.15, 0.2) is 17.1 Å². The fourth-order valence-electron chi connectivity index (χ4n) is 0.324. The zero-order valence-electron chi connectivity index (χ0n) is 6.26. The molecule has 0 aliphatic rings. The van der Waals surface area contributed by atoms with E-state index in [0.29, 0.717) is 6.61 Å². The Morgan fingerprint density at radius 1 is 1.80 bits per heavy atom. The van der Waals surface area contributed by atoms with Gasteiger partial charge in [-0.3, -0.25) is 0 Å². The van der Waals surface area contributed by atoms with Gasteiger partial charge >= 0.3 is 6.09 Å². The summed E-state index contributed by atoms with van der Waals surface area (Å²) < 4.78 is 4.51. The number of aliphatic imine (C=N–C) groups is 1. The molecule has 0 aromatic rings. The SMILES string of the molecule is C=C(C)C=NC(=O)OCC. The number of hydrogen-bond donors (Lipinski definition) is 0. The summed E-state index contributed by atoms with van der Waals surface area (Å²) in [6, 6.07) is 0. The zero-order chi connectivity index (χ0) is 7.98. The predicted octanol–water partition coefficient (Wildman–Crippen LogP) is 1.79. The van der Waals surface area contributed by atoms with Crippen LogP contribution in [0, 0.1) is 0 Å². The van der Waals surface area contributed by atoms with Crippen LogP contribution < -0.4 is 0 Å². The third-order valence-electron chi connectivity index (χ3n) is 0.658. The minimum absolute atomic E-state index is 0.354. The van der Waals surface area contributed by atoms with Crippen LogP contribution in [0.2, 0.25) is 0 Å². The molecule has 0 fully saturated rings. The minimum atomic E-state index is -0.564. The van der Waals surface area contributed by atoms with Crippen molar-refractivity contribution in [2.45, 2.75) is 13.8 Å².